The molecule has 3 aromatic heterocycles. The highest BCUT2D eigenvalue weighted by Crippen LogP contribution is 2.27. The van der Waals surface area contributed by atoms with E-state index >= 15 is 0 Å². The predicted molar refractivity (Wildman–Crippen MR) is 115 cm³/mol. The molecule has 5 heterocycles. The third kappa shape index (κ3) is 3.65. The van der Waals surface area contributed by atoms with Crippen molar-refractivity contribution in [3.63, 3.8) is 0 Å². The fraction of sp³-hybridized carbons (Fsp3) is 0.476. The topological polar surface area (TPSA) is 78.8 Å². The Bertz CT molecular complexity index is 983. The number of piperidine rings is 1. The molecule has 3 aromatic rings. The highest BCUT2D eigenvalue weighted by Gasteiger charge is 2.27. The molecular weight excluding hydrogens is 364 g/mol. The van der Waals surface area contributed by atoms with Gasteiger partial charge in [0, 0.05) is 57.1 Å². The number of likely N-dealkylation sites (N-methyl/N-ethyl adjacent to an activating group) is 1. The quantitative estimate of drug-likeness (QED) is 0.725. The molecule has 0 spiro atoms. The van der Waals surface area contributed by atoms with Gasteiger partial charge in [-0.3, -0.25) is 4.90 Å². The van der Waals surface area contributed by atoms with Crippen molar-refractivity contribution in [2.45, 2.75) is 18.9 Å². The molecule has 2 aliphatic rings. The first-order chi connectivity index (χ1) is 14.2. The zero-order valence-electron chi connectivity index (χ0n) is 16.9. The summed E-state index contributed by atoms with van der Waals surface area (Å²) in [6, 6.07) is 4.51. The second-order valence-electron chi connectivity index (χ2n) is 8.17. The predicted octanol–water partition coefficient (Wildman–Crippen LogP) is 1.59. The molecule has 0 saturated carbocycles. The molecule has 152 valence electrons. The molecule has 0 aliphatic carbocycles. The van der Waals surface area contributed by atoms with Gasteiger partial charge < -0.3 is 15.5 Å². The molecule has 29 heavy (non-hydrogen) atoms. The van der Waals surface area contributed by atoms with Gasteiger partial charge in [0.1, 0.15) is 5.82 Å². The van der Waals surface area contributed by atoms with Gasteiger partial charge in [-0.1, -0.05) is 0 Å². The molecule has 0 aromatic carbocycles. The number of aromatic nitrogens is 4. The van der Waals surface area contributed by atoms with E-state index in [2.05, 4.69) is 38.0 Å². The Morgan fingerprint density at radius 1 is 1.00 bits per heavy atom. The minimum atomic E-state index is 0.502. The molecule has 0 radical (unpaired) electrons. The number of hydrogen-bond donors (Lipinski definition) is 1. The van der Waals surface area contributed by atoms with Gasteiger partial charge in [-0.15, -0.1) is 0 Å². The fourth-order valence-electron chi connectivity index (χ4n) is 4.52. The van der Waals surface area contributed by atoms with Gasteiger partial charge >= 0.3 is 0 Å². The van der Waals surface area contributed by atoms with Crippen LogP contribution < -0.4 is 10.6 Å². The van der Waals surface area contributed by atoms with Gasteiger partial charge in [0.15, 0.2) is 5.65 Å². The van der Waals surface area contributed by atoms with Crippen LogP contribution in [0.5, 0.6) is 0 Å². The van der Waals surface area contributed by atoms with Crippen LogP contribution in [0.25, 0.3) is 16.8 Å². The largest absolute Gasteiger partial charge is 0.384 e. The number of hydrogen-bond acceptors (Lipinski definition) is 7. The van der Waals surface area contributed by atoms with E-state index in [9.17, 15) is 0 Å². The van der Waals surface area contributed by atoms with Crippen molar-refractivity contribution < 1.29 is 0 Å². The maximum absolute atomic E-state index is 5.83. The van der Waals surface area contributed by atoms with E-state index in [1.165, 1.54) is 39.0 Å². The van der Waals surface area contributed by atoms with Crippen molar-refractivity contribution in [3.8, 4) is 11.1 Å². The lowest BCUT2D eigenvalue weighted by atomic mass is 10.0. The summed E-state index contributed by atoms with van der Waals surface area (Å²) in [7, 11) is 2.22. The average Bonchev–Trinajstić information content (AvgIpc) is 3.18. The minimum absolute atomic E-state index is 0.502. The molecule has 0 atom stereocenters. The Morgan fingerprint density at radius 3 is 2.55 bits per heavy atom. The Kier molecular flexibility index (Phi) is 4.81. The van der Waals surface area contributed by atoms with Gasteiger partial charge in [0.05, 0.1) is 24.3 Å². The first-order valence-corrected chi connectivity index (χ1v) is 10.4. The third-order valence-electron chi connectivity index (χ3n) is 6.32. The van der Waals surface area contributed by atoms with E-state index < -0.39 is 0 Å². The summed E-state index contributed by atoms with van der Waals surface area (Å²) >= 11 is 0. The summed E-state index contributed by atoms with van der Waals surface area (Å²) in [6.07, 6.45) is 10.0. The molecule has 2 aliphatic heterocycles. The van der Waals surface area contributed by atoms with Gasteiger partial charge in [0.2, 0.25) is 0 Å². The Morgan fingerprint density at radius 2 is 1.79 bits per heavy atom. The second-order valence-corrected chi connectivity index (χ2v) is 8.17. The smallest absolute Gasteiger partial charge is 0.162 e. The van der Waals surface area contributed by atoms with Gasteiger partial charge in [0.25, 0.3) is 0 Å². The van der Waals surface area contributed by atoms with Crippen molar-refractivity contribution in [3.05, 3.63) is 36.9 Å². The first kappa shape index (κ1) is 18.3. The van der Waals surface area contributed by atoms with Gasteiger partial charge in [-0.25, -0.2) is 14.5 Å². The molecule has 0 bridgehead atoms. The third-order valence-corrected chi connectivity index (χ3v) is 6.32. The van der Waals surface area contributed by atoms with Crippen molar-refractivity contribution in [1.82, 2.24) is 29.4 Å². The van der Waals surface area contributed by atoms with E-state index in [-0.39, 0.29) is 0 Å². The summed E-state index contributed by atoms with van der Waals surface area (Å²) in [5, 5.41) is 4.53. The molecule has 8 heteroatoms. The van der Waals surface area contributed by atoms with Crippen LogP contribution in [-0.2, 0) is 0 Å². The summed E-state index contributed by atoms with van der Waals surface area (Å²) < 4.78 is 1.87. The molecule has 2 N–H and O–H groups in total. The number of piperazine rings is 1. The lowest BCUT2D eigenvalue weighted by molar-refractivity contribution is 0.0982. The Labute approximate surface area is 170 Å². The zero-order valence-corrected chi connectivity index (χ0v) is 16.9. The van der Waals surface area contributed by atoms with Crippen LogP contribution in [0.1, 0.15) is 12.8 Å². The van der Waals surface area contributed by atoms with Crippen LogP contribution in [-0.4, -0.2) is 81.7 Å². The van der Waals surface area contributed by atoms with E-state index in [0.29, 0.717) is 11.9 Å². The number of anilines is 2. The standard InChI is InChI=1S/C21H28N8/c1-26-8-10-28(11-9-26)17-3-6-27(7-4-17)18-13-24-21-19(14-25-29(21)15-18)16-2-5-23-20(22)12-16/h2,5,12-15,17H,3-4,6-11H2,1H3,(H2,22,23). The molecule has 2 fully saturated rings. The van der Waals surface area contributed by atoms with Crippen molar-refractivity contribution in [1.29, 1.82) is 0 Å². The molecule has 2 saturated heterocycles. The van der Waals surface area contributed by atoms with E-state index in [1.54, 1.807) is 6.20 Å². The molecule has 8 nitrogen and oxygen atoms in total. The number of fused-ring (bicyclic) bond motifs is 1. The second kappa shape index (κ2) is 7.61. The van der Waals surface area contributed by atoms with Crippen LogP contribution >= 0.6 is 0 Å². The summed E-state index contributed by atoms with van der Waals surface area (Å²) in [5.41, 5.74) is 9.77. The molecule has 0 unspecified atom stereocenters. The number of nitrogen functional groups attached to an aromatic ring is 1. The SMILES string of the molecule is CN1CCN(C2CCN(c3cnc4c(-c5ccnc(N)c5)cnn4c3)CC2)CC1. The molecule has 0 amide bonds. The minimum Gasteiger partial charge on any atom is -0.384 e. The van der Waals surface area contributed by atoms with Crippen LogP contribution in [0, 0.1) is 0 Å². The molecular formula is C21H28N8. The van der Waals surface area contributed by atoms with E-state index in [0.717, 1.165) is 35.6 Å². The van der Waals surface area contributed by atoms with Crippen molar-refractivity contribution in [2.75, 3.05) is 56.9 Å². The summed E-state index contributed by atoms with van der Waals surface area (Å²) in [6.45, 7) is 6.91. The Balaban J connectivity index is 1.29. The number of nitrogens with zero attached hydrogens (tertiary/aromatic N) is 7. The number of rotatable bonds is 3. The maximum atomic E-state index is 5.83. The van der Waals surface area contributed by atoms with Gasteiger partial charge in [-0.05, 0) is 37.6 Å². The summed E-state index contributed by atoms with van der Waals surface area (Å²) in [4.78, 5) is 16.3. The lowest BCUT2D eigenvalue weighted by Gasteiger charge is -2.42. The molecule has 5 rings (SSSR count). The van der Waals surface area contributed by atoms with Crippen molar-refractivity contribution >= 4 is 17.2 Å². The van der Waals surface area contributed by atoms with Crippen molar-refractivity contribution in [2.24, 2.45) is 0 Å². The van der Waals surface area contributed by atoms with Crippen LogP contribution in [0.15, 0.2) is 36.9 Å². The fourth-order valence-corrected chi connectivity index (χ4v) is 4.52. The van der Waals surface area contributed by atoms with Crippen LogP contribution in [0.3, 0.4) is 0 Å². The lowest BCUT2D eigenvalue weighted by Crippen LogP contribution is -2.52. The van der Waals surface area contributed by atoms with E-state index in [1.807, 2.05) is 29.0 Å². The van der Waals surface area contributed by atoms with E-state index in [4.69, 9.17) is 10.7 Å². The highest BCUT2D eigenvalue weighted by atomic mass is 15.3. The normalized spacial score (nSPS) is 19.8. The maximum Gasteiger partial charge on any atom is 0.162 e. The number of pyridine rings is 1. The number of nitrogens with two attached hydrogens (primary N) is 1. The monoisotopic (exact) mass is 392 g/mol. The van der Waals surface area contributed by atoms with Gasteiger partial charge in [-0.2, -0.15) is 5.10 Å². The zero-order chi connectivity index (χ0) is 19.8. The summed E-state index contributed by atoms with van der Waals surface area (Å²) in [5.74, 6) is 0.502. The Hall–Kier alpha value is -2.71. The average molecular weight is 393 g/mol. The van der Waals surface area contributed by atoms with Crippen LogP contribution in [0.2, 0.25) is 0 Å². The first-order valence-electron chi connectivity index (χ1n) is 10.4. The van der Waals surface area contributed by atoms with Crippen LogP contribution in [0.4, 0.5) is 11.5 Å². The highest BCUT2D eigenvalue weighted by molar-refractivity contribution is 5.78.